The Bertz CT molecular complexity index is 801. The number of halogens is 1. The van der Waals surface area contributed by atoms with Gasteiger partial charge in [0.15, 0.2) is 0 Å². The molecule has 5 nitrogen and oxygen atoms in total. The third-order valence-electron chi connectivity index (χ3n) is 3.36. The quantitative estimate of drug-likeness (QED) is 0.648. The van der Waals surface area contributed by atoms with Crippen LogP contribution in [0.1, 0.15) is 17.9 Å². The molecular formula is C18H15FN2O3. The van der Waals surface area contributed by atoms with E-state index in [4.69, 9.17) is 9.26 Å². The summed E-state index contributed by atoms with van der Waals surface area (Å²) in [6, 6.07) is 15.2. The van der Waals surface area contributed by atoms with Crippen molar-refractivity contribution in [1.82, 2.24) is 10.1 Å². The molecule has 2 aromatic carbocycles. The number of carbonyl (C=O) groups excluding carboxylic acids is 1. The number of aryl methyl sites for hydroxylation is 1. The summed E-state index contributed by atoms with van der Waals surface area (Å²) in [5, 5.41) is 3.83. The Labute approximate surface area is 138 Å². The van der Waals surface area contributed by atoms with Gasteiger partial charge in [0.25, 0.3) is 0 Å². The predicted molar refractivity (Wildman–Crippen MR) is 84.3 cm³/mol. The van der Waals surface area contributed by atoms with Gasteiger partial charge in [-0.15, -0.1) is 0 Å². The summed E-state index contributed by atoms with van der Waals surface area (Å²) in [4.78, 5) is 15.9. The van der Waals surface area contributed by atoms with Crippen LogP contribution in [-0.4, -0.2) is 16.1 Å². The van der Waals surface area contributed by atoms with Crippen molar-refractivity contribution in [2.24, 2.45) is 0 Å². The van der Waals surface area contributed by atoms with E-state index in [0.717, 1.165) is 5.56 Å². The van der Waals surface area contributed by atoms with E-state index < -0.39 is 0 Å². The zero-order valence-corrected chi connectivity index (χ0v) is 12.8. The summed E-state index contributed by atoms with van der Waals surface area (Å²) >= 11 is 0. The van der Waals surface area contributed by atoms with E-state index in [1.54, 1.807) is 12.1 Å². The van der Waals surface area contributed by atoms with Crippen molar-refractivity contribution in [3.05, 3.63) is 71.9 Å². The molecule has 1 heterocycles. The number of hydrogen-bond donors (Lipinski definition) is 0. The molecule has 0 radical (unpaired) electrons. The van der Waals surface area contributed by atoms with Gasteiger partial charge in [-0.25, -0.2) is 4.39 Å². The lowest BCUT2D eigenvalue weighted by Gasteiger charge is -2.03. The molecule has 0 saturated carbocycles. The van der Waals surface area contributed by atoms with Gasteiger partial charge in [0.2, 0.25) is 11.7 Å². The molecule has 0 unspecified atom stereocenters. The highest BCUT2D eigenvalue weighted by Gasteiger charge is 2.11. The number of benzene rings is 2. The van der Waals surface area contributed by atoms with Crippen LogP contribution in [0.25, 0.3) is 11.4 Å². The summed E-state index contributed by atoms with van der Waals surface area (Å²) in [5.41, 5.74) is 1.58. The number of ether oxygens (including phenoxy) is 1. The minimum Gasteiger partial charge on any atom is -0.461 e. The summed E-state index contributed by atoms with van der Waals surface area (Å²) < 4.78 is 23.2. The molecule has 0 atom stereocenters. The Hall–Kier alpha value is -3.02. The molecule has 0 bridgehead atoms. The van der Waals surface area contributed by atoms with Crippen molar-refractivity contribution >= 4 is 5.97 Å². The molecule has 1 aromatic heterocycles. The maximum Gasteiger partial charge on any atom is 0.306 e. The molecule has 0 N–H and O–H groups in total. The second-order valence-electron chi connectivity index (χ2n) is 5.16. The Morgan fingerprint density at radius 1 is 1.08 bits per heavy atom. The van der Waals surface area contributed by atoms with Gasteiger partial charge in [0.05, 0.1) is 6.42 Å². The van der Waals surface area contributed by atoms with E-state index in [2.05, 4.69) is 10.1 Å². The van der Waals surface area contributed by atoms with E-state index in [1.807, 2.05) is 30.3 Å². The third-order valence-corrected chi connectivity index (χ3v) is 3.36. The highest BCUT2D eigenvalue weighted by atomic mass is 19.1. The maximum absolute atomic E-state index is 12.9. The van der Waals surface area contributed by atoms with Crippen molar-refractivity contribution in [2.75, 3.05) is 0 Å². The smallest absolute Gasteiger partial charge is 0.306 e. The van der Waals surface area contributed by atoms with Gasteiger partial charge in [-0.2, -0.15) is 4.98 Å². The summed E-state index contributed by atoms with van der Waals surface area (Å²) in [7, 11) is 0. The highest BCUT2D eigenvalue weighted by molar-refractivity contribution is 5.69. The van der Waals surface area contributed by atoms with Crippen LogP contribution in [0.15, 0.2) is 59.1 Å². The summed E-state index contributed by atoms with van der Waals surface area (Å²) in [5.74, 6) is 0.0395. The van der Waals surface area contributed by atoms with Gasteiger partial charge in [0, 0.05) is 12.0 Å². The Morgan fingerprint density at radius 3 is 2.58 bits per heavy atom. The Balaban J connectivity index is 1.50. The molecule has 0 saturated heterocycles. The Morgan fingerprint density at radius 2 is 1.83 bits per heavy atom. The average Bonchev–Trinajstić information content (AvgIpc) is 3.09. The van der Waals surface area contributed by atoms with Gasteiger partial charge >= 0.3 is 5.97 Å². The van der Waals surface area contributed by atoms with E-state index in [0.29, 0.717) is 23.7 Å². The maximum atomic E-state index is 12.9. The SMILES string of the molecule is O=C(CCc1nc(-c2ccc(F)cc2)no1)OCc1ccccc1. The molecule has 122 valence electrons. The van der Waals surface area contributed by atoms with Gasteiger partial charge < -0.3 is 9.26 Å². The van der Waals surface area contributed by atoms with Gasteiger partial charge in [-0.3, -0.25) is 4.79 Å². The fourth-order valence-corrected chi connectivity index (χ4v) is 2.09. The van der Waals surface area contributed by atoms with Gasteiger partial charge in [-0.05, 0) is 29.8 Å². The lowest BCUT2D eigenvalue weighted by Crippen LogP contribution is -2.06. The molecule has 0 aliphatic rings. The van der Waals surface area contributed by atoms with E-state index in [1.165, 1.54) is 12.1 Å². The normalized spacial score (nSPS) is 10.5. The van der Waals surface area contributed by atoms with Crippen LogP contribution in [0.4, 0.5) is 4.39 Å². The lowest BCUT2D eigenvalue weighted by molar-refractivity contribution is -0.145. The average molecular weight is 326 g/mol. The molecule has 0 amide bonds. The van der Waals surface area contributed by atoms with Gasteiger partial charge in [0.1, 0.15) is 12.4 Å². The molecule has 6 heteroatoms. The number of nitrogens with zero attached hydrogens (tertiary/aromatic N) is 2. The Kier molecular flexibility index (Phi) is 4.96. The van der Waals surface area contributed by atoms with Crippen LogP contribution in [0.5, 0.6) is 0 Å². The third kappa shape index (κ3) is 4.25. The monoisotopic (exact) mass is 326 g/mol. The first-order chi connectivity index (χ1) is 11.7. The van der Waals surface area contributed by atoms with Crippen molar-refractivity contribution in [1.29, 1.82) is 0 Å². The molecule has 0 aliphatic heterocycles. The molecule has 0 spiro atoms. The molecular weight excluding hydrogens is 311 g/mol. The van der Waals surface area contributed by atoms with E-state index >= 15 is 0 Å². The fourth-order valence-electron chi connectivity index (χ4n) is 2.09. The molecule has 0 fully saturated rings. The first-order valence-electron chi connectivity index (χ1n) is 7.49. The second kappa shape index (κ2) is 7.50. The van der Waals surface area contributed by atoms with Crippen molar-refractivity contribution < 1.29 is 18.4 Å². The molecule has 0 aliphatic carbocycles. The predicted octanol–water partition coefficient (Wildman–Crippen LogP) is 3.55. The number of hydrogen-bond acceptors (Lipinski definition) is 5. The van der Waals surface area contributed by atoms with Crippen LogP contribution in [0.3, 0.4) is 0 Å². The van der Waals surface area contributed by atoms with Gasteiger partial charge in [-0.1, -0.05) is 35.5 Å². The van der Waals surface area contributed by atoms with Crippen LogP contribution >= 0.6 is 0 Å². The van der Waals surface area contributed by atoms with Crippen LogP contribution in [0.2, 0.25) is 0 Å². The second-order valence-corrected chi connectivity index (χ2v) is 5.16. The minimum absolute atomic E-state index is 0.151. The van der Waals surface area contributed by atoms with Crippen molar-refractivity contribution in [3.63, 3.8) is 0 Å². The van der Waals surface area contributed by atoms with Crippen molar-refractivity contribution in [3.8, 4) is 11.4 Å². The highest BCUT2D eigenvalue weighted by Crippen LogP contribution is 2.16. The number of rotatable bonds is 6. The summed E-state index contributed by atoms with van der Waals surface area (Å²) in [6.45, 7) is 0.240. The molecule has 3 rings (SSSR count). The largest absolute Gasteiger partial charge is 0.461 e. The van der Waals surface area contributed by atoms with Crippen LogP contribution in [-0.2, 0) is 22.6 Å². The van der Waals surface area contributed by atoms with Crippen LogP contribution in [0, 0.1) is 5.82 Å². The number of esters is 1. The van der Waals surface area contributed by atoms with Crippen LogP contribution < -0.4 is 0 Å². The standard InChI is InChI=1S/C18H15FN2O3/c19-15-8-6-14(7-9-15)18-20-16(24-21-18)10-11-17(22)23-12-13-4-2-1-3-5-13/h1-9H,10-12H2. The lowest BCUT2D eigenvalue weighted by atomic mass is 10.2. The molecule has 3 aromatic rings. The molecule has 24 heavy (non-hydrogen) atoms. The van der Waals surface area contributed by atoms with Crippen molar-refractivity contribution in [2.45, 2.75) is 19.4 Å². The number of carbonyl (C=O) groups is 1. The topological polar surface area (TPSA) is 65.2 Å². The number of aromatic nitrogens is 2. The first-order valence-corrected chi connectivity index (χ1v) is 7.49. The minimum atomic E-state index is -0.333. The zero-order chi connectivity index (χ0) is 16.8. The zero-order valence-electron chi connectivity index (χ0n) is 12.8. The first kappa shape index (κ1) is 15.9. The van der Waals surface area contributed by atoms with E-state index in [9.17, 15) is 9.18 Å². The van der Waals surface area contributed by atoms with E-state index in [-0.39, 0.29) is 24.8 Å². The summed E-state index contributed by atoms with van der Waals surface area (Å²) in [6.07, 6.45) is 0.444. The fraction of sp³-hybridized carbons (Fsp3) is 0.167.